The summed E-state index contributed by atoms with van der Waals surface area (Å²) in [6.45, 7) is 30.2. The van der Waals surface area contributed by atoms with Crippen molar-refractivity contribution < 1.29 is 37.0 Å². The van der Waals surface area contributed by atoms with E-state index in [9.17, 15) is 4.79 Å². The zero-order valence-corrected chi connectivity index (χ0v) is 43.9. The van der Waals surface area contributed by atoms with Gasteiger partial charge in [-0.25, -0.2) is 0 Å². The molecule has 4 aliphatic carbocycles. The van der Waals surface area contributed by atoms with Crippen molar-refractivity contribution in [2.75, 3.05) is 0 Å². The summed E-state index contributed by atoms with van der Waals surface area (Å²) in [6, 6.07) is 9.90. The molecule has 0 aromatic heterocycles. The molecule has 15 atom stereocenters. The van der Waals surface area contributed by atoms with Crippen LogP contribution in [0, 0.1) is 34.5 Å². The number of fused-ring (bicyclic) bond motifs is 5. The van der Waals surface area contributed by atoms with Crippen LogP contribution in [0.5, 0.6) is 0 Å². The predicted octanol–water partition coefficient (Wildman–Crippen LogP) is 12.8. The molecule has 0 aromatic carbocycles. The van der Waals surface area contributed by atoms with Gasteiger partial charge in [-0.15, -0.1) is 0 Å². The molecule has 0 radical (unpaired) electrons. The Labute approximate surface area is 371 Å². The van der Waals surface area contributed by atoms with Crippen LogP contribution in [-0.4, -0.2) is 86.0 Å². The lowest BCUT2D eigenvalue weighted by Crippen LogP contribution is -2.60. The maximum Gasteiger partial charge on any atom is 0.192 e. The number of carbonyl (C=O) groups excluding carboxylic acids is 1. The molecule has 2 heterocycles. The molecule has 6 fully saturated rings. The molecule has 2 aliphatic heterocycles. The van der Waals surface area contributed by atoms with E-state index in [1.807, 2.05) is 0 Å². The fourth-order valence-corrected chi connectivity index (χ4v) is 22.9. The van der Waals surface area contributed by atoms with Crippen molar-refractivity contribution >= 4 is 30.7 Å². The lowest BCUT2D eigenvalue weighted by molar-refractivity contribution is -0.314. The third-order valence-corrected chi connectivity index (χ3v) is 33.2. The molecular weight excluding hydrogens is 801 g/mol. The number of ether oxygens (including phenoxy) is 4. The largest absolute Gasteiger partial charge is 0.411 e. The number of rotatable bonds is 19. The molecule has 4 saturated carbocycles. The lowest BCUT2D eigenvalue weighted by atomic mass is 9.45. The summed E-state index contributed by atoms with van der Waals surface area (Å²) in [5, 5.41) is 0. The molecular formula is C49H92O8Si3. The number of Topliss-reactive ketones (excluding diaryl/α,β-unsaturated/α-hetero) is 1. The van der Waals surface area contributed by atoms with Crippen LogP contribution < -0.4 is 0 Å². The Morgan fingerprint density at radius 3 is 1.62 bits per heavy atom. The highest BCUT2D eigenvalue weighted by molar-refractivity contribution is 6.74. The first-order valence-corrected chi connectivity index (χ1v) is 33.4. The van der Waals surface area contributed by atoms with E-state index in [1.54, 1.807) is 0 Å². The zero-order valence-electron chi connectivity index (χ0n) is 40.9. The third kappa shape index (κ3) is 9.63. The fourth-order valence-electron chi connectivity index (χ4n) is 14.2. The second kappa shape index (κ2) is 20.3. The zero-order chi connectivity index (χ0) is 43.7. The first-order chi connectivity index (χ1) is 28.6. The monoisotopic (exact) mass is 893 g/mol. The van der Waals surface area contributed by atoms with Crippen LogP contribution in [0.25, 0.3) is 0 Å². The molecule has 2 saturated heterocycles. The molecule has 6 rings (SSSR count). The standard InChI is InChI=1S/C49H92O8Si3/c1-14-58(15-2,16-3)55-41-32-44(53-37-27-29-48(12)36(31-37)23-24-38-39-25-26-43(50)49(39,13)30-28-40(38)48)51-34(10)46(41)54-45-33-42(56-59(17-4,18-5)19-6)47(35(11)52-45)57-60(20-7,21-8)22-9/h34-42,44-47H,14-33H2,1-13H3/t34-,35-,36?,37-,38-,39-,40-,41-,42-,44-,45-,46+,47+,48-,49-/m0/s1. The van der Waals surface area contributed by atoms with Crippen molar-refractivity contribution in [1.29, 1.82) is 0 Å². The summed E-state index contributed by atoms with van der Waals surface area (Å²) in [5.41, 5.74) is 0.291. The van der Waals surface area contributed by atoms with E-state index in [0.29, 0.717) is 35.9 Å². The molecule has 0 aromatic rings. The Hall–Kier alpha value is 0.0406. The highest BCUT2D eigenvalue weighted by Crippen LogP contribution is 2.65. The summed E-state index contributed by atoms with van der Waals surface area (Å²) >= 11 is 0. The van der Waals surface area contributed by atoms with Gasteiger partial charge in [0, 0.05) is 24.7 Å². The van der Waals surface area contributed by atoms with Crippen LogP contribution in [0.15, 0.2) is 0 Å². The Morgan fingerprint density at radius 1 is 0.567 bits per heavy atom. The van der Waals surface area contributed by atoms with Crippen LogP contribution in [0.2, 0.25) is 54.4 Å². The number of hydrogen-bond donors (Lipinski definition) is 0. The maximum atomic E-state index is 13.0. The second-order valence-corrected chi connectivity index (χ2v) is 35.5. The first kappa shape index (κ1) is 49.5. The maximum absolute atomic E-state index is 13.0. The average Bonchev–Trinajstić information content (AvgIpc) is 3.56. The molecule has 6 aliphatic rings. The minimum Gasteiger partial charge on any atom is -0.411 e. The fraction of sp³-hybridized carbons (Fsp3) is 0.980. The first-order valence-electron chi connectivity index (χ1n) is 25.8. The number of ketones is 1. The normalized spacial score (nSPS) is 41.5. The average molecular weight is 894 g/mol. The molecule has 60 heavy (non-hydrogen) atoms. The molecule has 0 N–H and O–H groups in total. The molecule has 1 unspecified atom stereocenters. The predicted molar refractivity (Wildman–Crippen MR) is 251 cm³/mol. The Kier molecular flexibility index (Phi) is 16.7. The van der Waals surface area contributed by atoms with Gasteiger partial charge in [-0.3, -0.25) is 4.79 Å². The Morgan fingerprint density at radius 2 is 1.07 bits per heavy atom. The van der Waals surface area contributed by atoms with Gasteiger partial charge in [0.1, 0.15) is 11.9 Å². The van der Waals surface area contributed by atoms with E-state index in [-0.39, 0.29) is 54.4 Å². The van der Waals surface area contributed by atoms with Gasteiger partial charge in [0.2, 0.25) is 0 Å². The van der Waals surface area contributed by atoms with Crippen molar-refractivity contribution in [3.8, 4) is 0 Å². The Balaban J connectivity index is 1.16. The van der Waals surface area contributed by atoms with Gasteiger partial charge in [-0.05, 0) is 149 Å². The minimum atomic E-state index is -2.00. The van der Waals surface area contributed by atoms with Crippen LogP contribution in [0.4, 0.5) is 0 Å². The van der Waals surface area contributed by atoms with Gasteiger partial charge in [-0.1, -0.05) is 76.2 Å². The minimum absolute atomic E-state index is 0.0552. The summed E-state index contributed by atoms with van der Waals surface area (Å²) in [7, 11) is -5.88. The van der Waals surface area contributed by atoms with Gasteiger partial charge < -0.3 is 32.2 Å². The summed E-state index contributed by atoms with van der Waals surface area (Å²) in [4.78, 5) is 13.0. The molecule has 0 bridgehead atoms. The second-order valence-electron chi connectivity index (χ2n) is 21.3. The topological polar surface area (TPSA) is 81.7 Å². The third-order valence-electron chi connectivity index (χ3n) is 19.2. The lowest BCUT2D eigenvalue weighted by Gasteiger charge is -2.60. The van der Waals surface area contributed by atoms with Gasteiger partial charge >= 0.3 is 0 Å². The van der Waals surface area contributed by atoms with Crippen molar-refractivity contribution in [2.45, 2.75) is 270 Å². The quantitative estimate of drug-likeness (QED) is 0.0937. The van der Waals surface area contributed by atoms with Crippen LogP contribution in [0.3, 0.4) is 0 Å². The van der Waals surface area contributed by atoms with Crippen molar-refractivity contribution in [3.63, 3.8) is 0 Å². The van der Waals surface area contributed by atoms with E-state index in [0.717, 1.165) is 98.3 Å². The van der Waals surface area contributed by atoms with Gasteiger partial charge in [0.25, 0.3) is 0 Å². The SMILES string of the molecule is CC[Si](CC)(CC)O[C@@H]1[C@H](C)O[C@@H](O[C@@H]2[C@H](C)O[C@@H](O[C@H]3CC[C@@]4(C)C(CC[C@@H]5[C@@H]4CC[C@]4(C)C(=O)CC[C@@H]54)C3)C[C@@H]2O[Si](CC)(CC)CC)C[C@@H]1O[Si](CC)(CC)CC. The van der Waals surface area contributed by atoms with Crippen molar-refractivity contribution in [3.05, 3.63) is 0 Å². The van der Waals surface area contributed by atoms with E-state index in [2.05, 4.69) is 90.0 Å². The summed E-state index contributed by atoms with van der Waals surface area (Å²) in [6.07, 6.45) is 10.2. The Bertz CT molecular complexity index is 1360. The van der Waals surface area contributed by atoms with E-state index in [1.165, 1.54) is 25.7 Å². The van der Waals surface area contributed by atoms with E-state index < -0.39 is 31.2 Å². The molecule has 8 nitrogen and oxygen atoms in total. The number of hydrogen-bond acceptors (Lipinski definition) is 8. The number of carbonyl (C=O) groups is 1. The van der Waals surface area contributed by atoms with E-state index >= 15 is 0 Å². The molecule has 348 valence electrons. The van der Waals surface area contributed by atoms with Crippen LogP contribution >= 0.6 is 0 Å². The smallest absolute Gasteiger partial charge is 0.192 e. The summed E-state index contributed by atoms with van der Waals surface area (Å²) < 4.78 is 50.1. The van der Waals surface area contributed by atoms with Crippen LogP contribution in [0.1, 0.15) is 161 Å². The highest BCUT2D eigenvalue weighted by atomic mass is 28.4. The summed E-state index contributed by atoms with van der Waals surface area (Å²) in [5.74, 6) is 3.29. The van der Waals surface area contributed by atoms with Crippen molar-refractivity contribution in [2.24, 2.45) is 34.5 Å². The van der Waals surface area contributed by atoms with Crippen LogP contribution in [-0.2, 0) is 37.0 Å². The van der Waals surface area contributed by atoms with Gasteiger partial charge in [0.05, 0.1) is 36.6 Å². The molecule has 0 amide bonds. The van der Waals surface area contributed by atoms with Gasteiger partial charge in [0.15, 0.2) is 37.5 Å². The highest BCUT2D eigenvalue weighted by Gasteiger charge is 2.60. The van der Waals surface area contributed by atoms with Gasteiger partial charge in [-0.2, -0.15) is 0 Å². The molecule has 11 heteroatoms. The molecule has 0 spiro atoms. The van der Waals surface area contributed by atoms with E-state index in [4.69, 9.17) is 32.2 Å². The van der Waals surface area contributed by atoms with Crippen molar-refractivity contribution in [1.82, 2.24) is 0 Å².